The Morgan fingerprint density at radius 2 is 1.88 bits per heavy atom. The summed E-state index contributed by atoms with van der Waals surface area (Å²) in [7, 11) is 1.81. The van der Waals surface area contributed by atoms with Gasteiger partial charge in [0.15, 0.2) is 0 Å². The predicted molar refractivity (Wildman–Crippen MR) is 130 cm³/mol. The lowest BCUT2D eigenvalue weighted by atomic mass is 9.74. The maximum atomic E-state index is 14.3. The fraction of sp³-hybridized carbons (Fsp3) is 0.481. The molecule has 4 rings (SSSR count). The van der Waals surface area contributed by atoms with E-state index in [-0.39, 0.29) is 28.8 Å². The third-order valence-electron chi connectivity index (χ3n) is 7.13. The van der Waals surface area contributed by atoms with Crippen molar-refractivity contribution in [1.82, 2.24) is 9.80 Å². The molecule has 0 radical (unpaired) electrons. The van der Waals surface area contributed by atoms with Crippen molar-refractivity contribution in [1.29, 1.82) is 0 Å². The van der Waals surface area contributed by atoms with Crippen LogP contribution in [-0.4, -0.2) is 54.9 Å². The van der Waals surface area contributed by atoms with E-state index in [9.17, 15) is 14.0 Å². The molecule has 2 aliphatic rings. The van der Waals surface area contributed by atoms with E-state index in [1.807, 2.05) is 25.2 Å². The average Bonchev–Trinajstić information content (AvgIpc) is 2.84. The number of hydrogen-bond acceptors (Lipinski definition) is 3. The summed E-state index contributed by atoms with van der Waals surface area (Å²) in [6.45, 7) is 1.83. The summed E-state index contributed by atoms with van der Waals surface area (Å²) < 4.78 is 20.3. The normalized spacial score (nSPS) is 21.9. The van der Waals surface area contributed by atoms with E-state index in [2.05, 4.69) is 6.07 Å². The summed E-state index contributed by atoms with van der Waals surface area (Å²) in [5, 5.41) is 0.252. The van der Waals surface area contributed by atoms with Crippen LogP contribution < -0.4 is 4.74 Å². The molecule has 1 spiro atoms. The Morgan fingerprint density at radius 1 is 1.09 bits per heavy atom. The molecule has 34 heavy (non-hydrogen) atoms. The quantitative estimate of drug-likeness (QED) is 0.607. The molecule has 1 fully saturated rings. The SMILES string of the molecule is CN1CCOc2ccccc2CCCCC2(CCCN(C(=O)Cc3c(F)cccc3Cl)C2)C1=O. The predicted octanol–water partition coefficient (Wildman–Crippen LogP) is 4.89. The second-order valence-electron chi connectivity index (χ2n) is 9.47. The number of piperidine rings is 1. The molecule has 1 saturated heterocycles. The van der Waals surface area contributed by atoms with Gasteiger partial charge < -0.3 is 14.5 Å². The molecule has 1 unspecified atom stereocenters. The number of fused-ring (bicyclic) bond motifs is 1. The Labute approximate surface area is 205 Å². The van der Waals surface area contributed by atoms with Crippen LogP contribution in [0.2, 0.25) is 5.02 Å². The maximum absolute atomic E-state index is 14.3. The number of benzene rings is 2. The highest BCUT2D eigenvalue weighted by Gasteiger charge is 2.44. The lowest BCUT2D eigenvalue weighted by Crippen LogP contribution is -2.54. The lowest BCUT2D eigenvalue weighted by molar-refractivity contribution is -0.149. The van der Waals surface area contributed by atoms with E-state index in [4.69, 9.17) is 16.3 Å². The molecule has 2 aromatic carbocycles. The van der Waals surface area contributed by atoms with Gasteiger partial charge in [0.05, 0.1) is 18.4 Å². The van der Waals surface area contributed by atoms with Gasteiger partial charge in [-0.05, 0) is 55.9 Å². The van der Waals surface area contributed by atoms with Crippen LogP contribution in [0.3, 0.4) is 0 Å². The van der Waals surface area contributed by atoms with Gasteiger partial charge in [-0.15, -0.1) is 0 Å². The highest BCUT2D eigenvalue weighted by Crippen LogP contribution is 2.38. The number of nitrogens with zero attached hydrogens (tertiary/aromatic N) is 2. The number of likely N-dealkylation sites (N-methyl/N-ethyl adjacent to an activating group) is 1. The van der Waals surface area contributed by atoms with Crippen molar-refractivity contribution in [2.24, 2.45) is 5.41 Å². The van der Waals surface area contributed by atoms with Gasteiger partial charge in [0.2, 0.25) is 11.8 Å². The number of rotatable bonds is 2. The Kier molecular flexibility index (Phi) is 7.77. The van der Waals surface area contributed by atoms with Gasteiger partial charge in [-0.25, -0.2) is 4.39 Å². The molecule has 0 saturated carbocycles. The van der Waals surface area contributed by atoms with E-state index in [0.29, 0.717) is 26.2 Å². The number of para-hydroxylation sites is 1. The first-order valence-electron chi connectivity index (χ1n) is 12.1. The number of likely N-dealkylation sites (tertiary alicyclic amines) is 1. The second-order valence-corrected chi connectivity index (χ2v) is 9.87. The first kappa shape index (κ1) is 24.5. The highest BCUT2D eigenvalue weighted by atomic mass is 35.5. The van der Waals surface area contributed by atoms with Crippen molar-refractivity contribution in [2.75, 3.05) is 33.3 Å². The molecule has 1 atom stereocenters. The molecule has 5 nitrogen and oxygen atoms in total. The van der Waals surface area contributed by atoms with Crippen molar-refractivity contribution >= 4 is 23.4 Å². The third kappa shape index (κ3) is 5.38. The summed E-state index contributed by atoms with van der Waals surface area (Å²) in [6, 6.07) is 12.5. The molecule has 182 valence electrons. The molecule has 2 aromatic rings. The van der Waals surface area contributed by atoms with Gasteiger partial charge in [-0.3, -0.25) is 9.59 Å². The van der Waals surface area contributed by atoms with Crippen LogP contribution in [0.1, 0.15) is 43.2 Å². The first-order chi connectivity index (χ1) is 16.4. The van der Waals surface area contributed by atoms with Crippen LogP contribution in [0.15, 0.2) is 42.5 Å². The van der Waals surface area contributed by atoms with Gasteiger partial charge >= 0.3 is 0 Å². The van der Waals surface area contributed by atoms with Crippen LogP contribution >= 0.6 is 11.6 Å². The number of aryl methyl sites for hydroxylation is 1. The first-order valence-corrected chi connectivity index (χ1v) is 12.4. The minimum Gasteiger partial charge on any atom is -0.491 e. The van der Waals surface area contributed by atoms with E-state index < -0.39 is 11.2 Å². The Bertz CT molecular complexity index is 1030. The zero-order valence-corrected chi connectivity index (χ0v) is 20.5. The van der Waals surface area contributed by atoms with Crippen molar-refractivity contribution in [2.45, 2.75) is 44.9 Å². The molecule has 0 bridgehead atoms. The Hall–Kier alpha value is -2.60. The van der Waals surface area contributed by atoms with Gasteiger partial charge in [0, 0.05) is 30.7 Å². The highest BCUT2D eigenvalue weighted by molar-refractivity contribution is 6.31. The van der Waals surface area contributed by atoms with E-state index in [1.165, 1.54) is 17.7 Å². The minimum atomic E-state index is -0.625. The summed E-state index contributed by atoms with van der Waals surface area (Å²) in [4.78, 5) is 30.3. The molecule has 2 amide bonds. The van der Waals surface area contributed by atoms with E-state index >= 15 is 0 Å². The van der Waals surface area contributed by atoms with Crippen LogP contribution in [0, 0.1) is 11.2 Å². The molecule has 7 heteroatoms. The smallest absolute Gasteiger partial charge is 0.230 e. The number of carbonyl (C=O) groups is 2. The molecular weight excluding hydrogens is 455 g/mol. The average molecular weight is 487 g/mol. The van der Waals surface area contributed by atoms with Gasteiger partial charge in [-0.1, -0.05) is 42.3 Å². The lowest BCUT2D eigenvalue weighted by Gasteiger charge is -2.44. The van der Waals surface area contributed by atoms with Gasteiger partial charge in [0.25, 0.3) is 0 Å². The van der Waals surface area contributed by atoms with Crippen LogP contribution in [0.5, 0.6) is 5.75 Å². The summed E-state index contributed by atoms with van der Waals surface area (Å²) in [6.07, 6.45) is 4.84. The van der Waals surface area contributed by atoms with Crippen LogP contribution in [-0.2, 0) is 22.4 Å². The zero-order valence-electron chi connectivity index (χ0n) is 19.7. The summed E-state index contributed by atoms with van der Waals surface area (Å²) in [5.41, 5.74) is 0.778. The molecule has 0 aliphatic carbocycles. The molecule has 2 heterocycles. The number of ether oxygens (including phenoxy) is 1. The van der Waals surface area contributed by atoms with Gasteiger partial charge in [-0.2, -0.15) is 0 Å². The van der Waals surface area contributed by atoms with Crippen molar-refractivity contribution < 1.29 is 18.7 Å². The van der Waals surface area contributed by atoms with Crippen LogP contribution in [0.25, 0.3) is 0 Å². The van der Waals surface area contributed by atoms with Gasteiger partial charge in [0.1, 0.15) is 18.2 Å². The second kappa shape index (κ2) is 10.8. The van der Waals surface area contributed by atoms with E-state index in [1.54, 1.807) is 15.9 Å². The summed E-state index contributed by atoms with van der Waals surface area (Å²) >= 11 is 6.15. The Balaban J connectivity index is 1.51. The fourth-order valence-electron chi connectivity index (χ4n) is 5.22. The number of carbonyl (C=O) groups excluding carboxylic acids is 2. The topological polar surface area (TPSA) is 49.9 Å². The molecule has 0 N–H and O–H groups in total. The molecule has 2 aliphatic heterocycles. The third-order valence-corrected chi connectivity index (χ3v) is 7.48. The molecular formula is C27H32ClFN2O3. The minimum absolute atomic E-state index is 0.0615. The van der Waals surface area contributed by atoms with E-state index in [0.717, 1.165) is 44.3 Å². The number of hydrogen-bond donors (Lipinski definition) is 0. The largest absolute Gasteiger partial charge is 0.491 e. The summed E-state index contributed by atoms with van der Waals surface area (Å²) in [5.74, 6) is 0.283. The van der Waals surface area contributed by atoms with Crippen molar-refractivity contribution in [3.8, 4) is 5.75 Å². The number of amides is 2. The van der Waals surface area contributed by atoms with Crippen molar-refractivity contribution in [3.05, 3.63) is 64.4 Å². The number of halogens is 2. The van der Waals surface area contributed by atoms with Crippen molar-refractivity contribution in [3.63, 3.8) is 0 Å². The standard InChI is InChI=1S/C27H32ClFN2O3/c1-30-16-17-34-24-12-3-2-8-20(24)9-4-5-13-27(26(30)33)14-7-15-31(19-27)25(32)18-21-22(28)10-6-11-23(21)29/h2-3,6,8,10-12H,4-5,7,9,13-19H2,1H3. The molecule has 0 aromatic heterocycles. The van der Waals surface area contributed by atoms with Crippen LogP contribution in [0.4, 0.5) is 4.39 Å². The Morgan fingerprint density at radius 3 is 2.71 bits per heavy atom. The zero-order chi connectivity index (χ0) is 24.1. The maximum Gasteiger partial charge on any atom is 0.230 e. The fourth-order valence-corrected chi connectivity index (χ4v) is 5.45. The monoisotopic (exact) mass is 486 g/mol.